The fourth-order valence-corrected chi connectivity index (χ4v) is 3.35. The van der Waals surface area contributed by atoms with E-state index < -0.39 is 0 Å². The summed E-state index contributed by atoms with van der Waals surface area (Å²) in [6, 6.07) is 8.40. The number of nitrogens with zero attached hydrogens (tertiary/aromatic N) is 2. The minimum absolute atomic E-state index is 0.155. The number of hydrogen-bond acceptors (Lipinski definition) is 5. The average Bonchev–Trinajstić information content (AvgIpc) is 3.10. The van der Waals surface area contributed by atoms with Crippen LogP contribution in [0.25, 0.3) is 0 Å². The van der Waals surface area contributed by atoms with Crippen LogP contribution in [0.3, 0.4) is 0 Å². The maximum atomic E-state index is 12.0. The number of rotatable bonds is 5. The van der Waals surface area contributed by atoms with Crippen molar-refractivity contribution in [1.82, 2.24) is 20.4 Å². The molecule has 0 bridgehead atoms. The third-order valence-corrected chi connectivity index (χ3v) is 4.66. The van der Waals surface area contributed by atoms with Gasteiger partial charge in [-0.15, -0.1) is 0 Å². The molecule has 3 rings (SSSR count). The zero-order valence-electron chi connectivity index (χ0n) is 14.6. The summed E-state index contributed by atoms with van der Waals surface area (Å²) in [4.78, 5) is 16.2. The Morgan fingerprint density at radius 1 is 1.28 bits per heavy atom. The predicted octanol–water partition coefficient (Wildman–Crippen LogP) is 0.539. The van der Waals surface area contributed by atoms with Gasteiger partial charge in [-0.2, -0.15) is 0 Å². The molecule has 2 fully saturated rings. The van der Waals surface area contributed by atoms with Gasteiger partial charge in [0.15, 0.2) is 0 Å². The molecular formula is C18H26N6O. The number of benzene rings is 1. The second-order valence-corrected chi connectivity index (χ2v) is 6.59. The van der Waals surface area contributed by atoms with Gasteiger partial charge in [-0.05, 0) is 37.1 Å². The van der Waals surface area contributed by atoms with Crippen molar-refractivity contribution >= 4 is 11.7 Å². The molecule has 2 aliphatic rings. The Morgan fingerprint density at radius 2 is 1.96 bits per heavy atom. The van der Waals surface area contributed by atoms with Crippen LogP contribution < -0.4 is 16.4 Å². The van der Waals surface area contributed by atoms with Crippen LogP contribution in [0.5, 0.6) is 0 Å². The number of amidine groups is 1. The summed E-state index contributed by atoms with van der Waals surface area (Å²) in [5, 5.41) is 13.8. The Bertz CT molecular complexity index is 693. The van der Waals surface area contributed by atoms with Crippen molar-refractivity contribution in [2.45, 2.75) is 25.9 Å². The lowest BCUT2D eigenvalue weighted by Gasteiger charge is -2.31. The number of nitrogens with two attached hydrogens (primary N) is 1. The maximum Gasteiger partial charge on any atom is 0.244 e. The summed E-state index contributed by atoms with van der Waals surface area (Å²) in [5.74, 6) is 0.375. The Kier molecular flexibility index (Phi) is 5.23. The first-order valence-electron chi connectivity index (χ1n) is 8.68. The van der Waals surface area contributed by atoms with E-state index in [0.29, 0.717) is 18.1 Å². The summed E-state index contributed by atoms with van der Waals surface area (Å²) >= 11 is 0. The second-order valence-electron chi connectivity index (χ2n) is 6.59. The zero-order valence-corrected chi connectivity index (χ0v) is 14.6. The number of nitrogens with one attached hydrogen (secondary N) is 3. The summed E-state index contributed by atoms with van der Waals surface area (Å²) in [6.45, 7) is 3.97. The fourth-order valence-electron chi connectivity index (χ4n) is 3.35. The van der Waals surface area contributed by atoms with E-state index in [4.69, 9.17) is 11.1 Å². The SMILES string of the molecule is CN/C(N)=C1/NC(=O)CN(Cc2cccc(CN3CCCC3)c2)C1=N. The van der Waals surface area contributed by atoms with Crippen LogP contribution in [-0.4, -0.2) is 48.2 Å². The molecule has 2 saturated heterocycles. The van der Waals surface area contributed by atoms with Crippen molar-refractivity contribution in [3.05, 3.63) is 46.9 Å². The number of carbonyl (C=O) groups excluding carboxylic acids is 1. The summed E-state index contributed by atoms with van der Waals surface area (Å²) in [5.41, 5.74) is 8.56. The number of likely N-dealkylation sites (tertiary alicyclic amines) is 1. The molecule has 1 aromatic carbocycles. The van der Waals surface area contributed by atoms with Crippen molar-refractivity contribution in [2.24, 2.45) is 5.73 Å². The molecule has 25 heavy (non-hydrogen) atoms. The molecule has 134 valence electrons. The van der Waals surface area contributed by atoms with Crippen LogP contribution >= 0.6 is 0 Å². The third-order valence-electron chi connectivity index (χ3n) is 4.66. The van der Waals surface area contributed by atoms with Gasteiger partial charge in [0.2, 0.25) is 5.91 Å². The van der Waals surface area contributed by atoms with Gasteiger partial charge < -0.3 is 21.3 Å². The Hall–Kier alpha value is -2.54. The van der Waals surface area contributed by atoms with Gasteiger partial charge in [0, 0.05) is 20.1 Å². The molecule has 0 saturated carbocycles. The molecule has 0 aliphatic carbocycles. The zero-order chi connectivity index (χ0) is 17.8. The van der Waals surface area contributed by atoms with Gasteiger partial charge >= 0.3 is 0 Å². The molecule has 1 aromatic rings. The van der Waals surface area contributed by atoms with Crippen molar-refractivity contribution < 1.29 is 4.79 Å². The first-order valence-corrected chi connectivity index (χ1v) is 8.68. The molecule has 2 aliphatic heterocycles. The normalized spacial score (nSPS) is 20.6. The van der Waals surface area contributed by atoms with Crippen LogP contribution in [-0.2, 0) is 17.9 Å². The number of amides is 1. The number of hydrogen-bond donors (Lipinski definition) is 4. The van der Waals surface area contributed by atoms with Gasteiger partial charge in [0.1, 0.15) is 17.4 Å². The highest BCUT2D eigenvalue weighted by molar-refractivity contribution is 6.04. The molecule has 0 unspecified atom stereocenters. The molecule has 0 radical (unpaired) electrons. The fraction of sp³-hybridized carbons (Fsp3) is 0.444. The van der Waals surface area contributed by atoms with Gasteiger partial charge in [-0.25, -0.2) is 0 Å². The van der Waals surface area contributed by atoms with E-state index in [1.807, 2.05) is 12.1 Å². The van der Waals surface area contributed by atoms with E-state index in [0.717, 1.165) is 12.1 Å². The summed E-state index contributed by atoms with van der Waals surface area (Å²) < 4.78 is 0. The third kappa shape index (κ3) is 4.11. The summed E-state index contributed by atoms with van der Waals surface area (Å²) in [6.07, 6.45) is 2.56. The maximum absolute atomic E-state index is 12.0. The van der Waals surface area contributed by atoms with Crippen LogP contribution in [0.2, 0.25) is 0 Å². The van der Waals surface area contributed by atoms with E-state index in [1.54, 1.807) is 11.9 Å². The van der Waals surface area contributed by atoms with Crippen molar-refractivity contribution in [3.63, 3.8) is 0 Å². The highest BCUT2D eigenvalue weighted by atomic mass is 16.2. The van der Waals surface area contributed by atoms with Gasteiger partial charge in [-0.3, -0.25) is 15.1 Å². The van der Waals surface area contributed by atoms with Gasteiger partial charge in [-0.1, -0.05) is 24.3 Å². The summed E-state index contributed by atoms with van der Waals surface area (Å²) in [7, 11) is 1.67. The largest absolute Gasteiger partial charge is 0.384 e. The highest BCUT2D eigenvalue weighted by Crippen LogP contribution is 2.16. The van der Waals surface area contributed by atoms with E-state index in [-0.39, 0.29) is 18.3 Å². The first kappa shape index (κ1) is 17.3. The quantitative estimate of drug-likeness (QED) is 0.626. The minimum Gasteiger partial charge on any atom is -0.384 e. The molecule has 7 heteroatoms. The molecule has 7 nitrogen and oxygen atoms in total. The minimum atomic E-state index is -0.155. The van der Waals surface area contributed by atoms with Gasteiger partial charge in [0.05, 0.1) is 6.54 Å². The Morgan fingerprint density at radius 3 is 2.64 bits per heavy atom. The molecule has 0 spiro atoms. The van der Waals surface area contributed by atoms with Crippen LogP contribution in [0.4, 0.5) is 0 Å². The Labute approximate surface area is 148 Å². The molecule has 2 heterocycles. The lowest BCUT2D eigenvalue weighted by molar-refractivity contribution is -0.121. The Balaban J connectivity index is 1.72. The topological polar surface area (TPSA) is 97.5 Å². The van der Waals surface area contributed by atoms with Crippen LogP contribution in [0.1, 0.15) is 24.0 Å². The lowest BCUT2D eigenvalue weighted by Crippen LogP contribution is -2.51. The van der Waals surface area contributed by atoms with E-state index in [2.05, 4.69) is 27.7 Å². The van der Waals surface area contributed by atoms with Crippen molar-refractivity contribution in [2.75, 3.05) is 26.7 Å². The smallest absolute Gasteiger partial charge is 0.244 e. The number of carbonyl (C=O) groups is 1. The molecule has 1 amide bonds. The first-order chi connectivity index (χ1) is 12.1. The number of piperazine rings is 1. The van der Waals surface area contributed by atoms with Crippen molar-refractivity contribution in [3.8, 4) is 0 Å². The van der Waals surface area contributed by atoms with Crippen LogP contribution in [0, 0.1) is 5.41 Å². The van der Waals surface area contributed by atoms with E-state index in [9.17, 15) is 4.79 Å². The van der Waals surface area contributed by atoms with Crippen LogP contribution in [0.15, 0.2) is 35.8 Å². The molecule has 0 atom stereocenters. The highest BCUT2D eigenvalue weighted by Gasteiger charge is 2.27. The van der Waals surface area contributed by atoms with E-state index in [1.165, 1.54) is 31.5 Å². The standard InChI is InChI=1S/C18H26N6O/c1-21-17(19)16-18(20)24(12-15(25)22-16)11-14-6-4-5-13(9-14)10-23-7-2-3-8-23/h4-6,9,20-21H,2-3,7-8,10-12,19H2,1H3,(H,22,25)/b17-16+,20-18?. The van der Waals surface area contributed by atoms with Gasteiger partial charge in [0.25, 0.3) is 0 Å². The molecule has 5 N–H and O–H groups in total. The monoisotopic (exact) mass is 342 g/mol. The predicted molar refractivity (Wildman–Crippen MR) is 97.5 cm³/mol. The second kappa shape index (κ2) is 7.57. The molecular weight excluding hydrogens is 316 g/mol. The average molecular weight is 342 g/mol. The van der Waals surface area contributed by atoms with Crippen molar-refractivity contribution in [1.29, 1.82) is 5.41 Å². The molecule has 0 aromatic heterocycles. The lowest BCUT2D eigenvalue weighted by atomic mass is 10.1. The van der Waals surface area contributed by atoms with E-state index >= 15 is 0 Å².